The number of nitrogens with one attached hydrogen (secondary N) is 2. The Labute approximate surface area is 125 Å². The summed E-state index contributed by atoms with van der Waals surface area (Å²) in [4.78, 5) is 23.2. The zero-order valence-corrected chi connectivity index (χ0v) is 12.7. The van der Waals surface area contributed by atoms with Gasteiger partial charge in [0.1, 0.15) is 5.60 Å². The highest BCUT2D eigenvalue weighted by Gasteiger charge is 2.15. The van der Waals surface area contributed by atoms with Gasteiger partial charge in [0.25, 0.3) is 5.91 Å². The van der Waals surface area contributed by atoms with Crippen molar-refractivity contribution in [2.75, 3.05) is 18.8 Å². The molecular formula is C15H23N3O3. The van der Waals surface area contributed by atoms with E-state index < -0.39 is 11.7 Å². The molecule has 4 N–H and O–H groups in total. The van der Waals surface area contributed by atoms with Crippen LogP contribution >= 0.6 is 0 Å². The maximum absolute atomic E-state index is 11.8. The number of hydrogen-bond donors (Lipinski definition) is 3. The van der Waals surface area contributed by atoms with E-state index in [4.69, 9.17) is 10.5 Å². The third-order valence-corrected chi connectivity index (χ3v) is 2.46. The quantitative estimate of drug-likeness (QED) is 0.571. The van der Waals surface area contributed by atoms with E-state index in [0.717, 1.165) is 0 Å². The van der Waals surface area contributed by atoms with Crippen molar-refractivity contribution in [2.24, 2.45) is 0 Å². The van der Waals surface area contributed by atoms with Gasteiger partial charge in [-0.1, -0.05) is 6.07 Å². The predicted molar refractivity (Wildman–Crippen MR) is 82.0 cm³/mol. The van der Waals surface area contributed by atoms with Crippen LogP contribution in [0.15, 0.2) is 24.3 Å². The summed E-state index contributed by atoms with van der Waals surface area (Å²) in [6.07, 6.45) is 0.164. The molecule has 1 aromatic rings. The second kappa shape index (κ2) is 7.52. The van der Waals surface area contributed by atoms with Gasteiger partial charge in [-0.3, -0.25) is 4.79 Å². The zero-order valence-electron chi connectivity index (χ0n) is 12.7. The summed E-state index contributed by atoms with van der Waals surface area (Å²) in [6.45, 7) is 6.31. The molecule has 0 unspecified atom stereocenters. The minimum atomic E-state index is -0.508. The Kier molecular flexibility index (Phi) is 6.02. The minimum absolute atomic E-state index is 0.181. The molecule has 0 saturated carbocycles. The Bertz CT molecular complexity index is 495. The fraction of sp³-hybridized carbons (Fsp3) is 0.467. The van der Waals surface area contributed by atoms with Crippen LogP contribution in [-0.2, 0) is 4.74 Å². The highest BCUT2D eigenvalue weighted by molar-refractivity contribution is 5.94. The smallest absolute Gasteiger partial charge is 0.407 e. The van der Waals surface area contributed by atoms with E-state index in [-0.39, 0.29) is 5.91 Å². The van der Waals surface area contributed by atoms with Crippen molar-refractivity contribution in [3.63, 3.8) is 0 Å². The fourth-order valence-corrected chi connectivity index (χ4v) is 1.58. The highest BCUT2D eigenvalue weighted by atomic mass is 16.6. The Morgan fingerprint density at radius 2 is 1.86 bits per heavy atom. The highest BCUT2D eigenvalue weighted by Crippen LogP contribution is 2.07. The summed E-state index contributed by atoms with van der Waals surface area (Å²) in [6, 6.07) is 6.77. The topological polar surface area (TPSA) is 93.5 Å². The molecule has 0 aromatic heterocycles. The lowest BCUT2D eigenvalue weighted by molar-refractivity contribution is 0.0527. The molecule has 1 aromatic carbocycles. The van der Waals surface area contributed by atoms with Crippen LogP contribution in [0.2, 0.25) is 0 Å². The molecule has 21 heavy (non-hydrogen) atoms. The van der Waals surface area contributed by atoms with Crippen LogP contribution in [-0.4, -0.2) is 30.7 Å². The first-order chi connectivity index (χ1) is 9.78. The average molecular weight is 293 g/mol. The van der Waals surface area contributed by atoms with Gasteiger partial charge >= 0.3 is 6.09 Å². The molecule has 0 heterocycles. The van der Waals surface area contributed by atoms with Gasteiger partial charge in [0.05, 0.1) is 0 Å². The van der Waals surface area contributed by atoms with E-state index >= 15 is 0 Å². The molecule has 0 aliphatic heterocycles. The maximum atomic E-state index is 11.8. The van der Waals surface area contributed by atoms with Gasteiger partial charge < -0.3 is 21.1 Å². The van der Waals surface area contributed by atoms with Gasteiger partial charge in [-0.2, -0.15) is 0 Å². The summed E-state index contributed by atoms with van der Waals surface area (Å²) in [7, 11) is 0. The SMILES string of the molecule is CC(C)(C)OC(=O)NCCCNC(=O)c1cccc(N)c1. The number of nitrogens with two attached hydrogens (primary N) is 1. The monoisotopic (exact) mass is 293 g/mol. The van der Waals surface area contributed by atoms with Crippen molar-refractivity contribution in [2.45, 2.75) is 32.8 Å². The number of carbonyl (C=O) groups excluding carboxylic acids is 2. The lowest BCUT2D eigenvalue weighted by atomic mass is 10.2. The number of anilines is 1. The number of carbonyl (C=O) groups is 2. The first-order valence-electron chi connectivity index (χ1n) is 6.88. The lowest BCUT2D eigenvalue weighted by Gasteiger charge is -2.19. The summed E-state index contributed by atoms with van der Waals surface area (Å²) < 4.78 is 5.10. The molecule has 6 nitrogen and oxygen atoms in total. The third-order valence-electron chi connectivity index (χ3n) is 2.46. The minimum Gasteiger partial charge on any atom is -0.444 e. The molecule has 2 amide bonds. The summed E-state index contributed by atoms with van der Waals surface area (Å²) in [5, 5.41) is 5.39. The molecule has 0 aliphatic carbocycles. The van der Waals surface area contributed by atoms with Crippen LogP contribution < -0.4 is 16.4 Å². The fourth-order valence-electron chi connectivity index (χ4n) is 1.58. The first kappa shape index (κ1) is 16.8. The number of benzene rings is 1. The Morgan fingerprint density at radius 1 is 1.19 bits per heavy atom. The molecule has 0 aliphatic rings. The zero-order chi connectivity index (χ0) is 15.9. The van der Waals surface area contributed by atoms with Crippen LogP contribution in [0.25, 0.3) is 0 Å². The summed E-state index contributed by atoms with van der Waals surface area (Å²) in [5.41, 5.74) is 6.18. The molecule has 1 rings (SSSR count). The van der Waals surface area contributed by atoms with Crippen molar-refractivity contribution < 1.29 is 14.3 Å². The molecule has 0 fully saturated rings. The molecular weight excluding hydrogens is 270 g/mol. The van der Waals surface area contributed by atoms with E-state index in [1.807, 2.05) is 0 Å². The Morgan fingerprint density at radius 3 is 2.48 bits per heavy atom. The second-order valence-corrected chi connectivity index (χ2v) is 5.66. The summed E-state index contributed by atoms with van der Waals surface area (Å²) >= 11 is 0. The molecule has 0 saturated heterocycles. The summed E-state index contributed by atoms with van der Waals surface area (Å²) in [5.74, 6) is -0.181. The molecule has 0 spiro atoms. The Balaban J connectivity index is 2.20. The van der Waals surface area contributed by atoms with Gasteiger partial charge in [0, 0.05) is 24.3 Å². The van der Waals surface area contributed by atoms with Gasteiger partial charge in [0.15, 0.2) is 0 Å². The number of alkyl carbamates (subject to hydrolysis) is 1. The van der Waals surface area contributed by atoms with Crippen molar-refractivity contribution in [1.82, 2.24) is 10.6 Å². The molecule has 0 bridgehead atoms. The third kappa shape index (κ3) is 7.20. The lowest BCUT2D eigenvalue weighted by Crippen LogP contribution is -2.34. The Hall–Kier alpha value is -2.24. The number of nitrogen functional groups attached to an aromatic ring is 1. The van der Waals surface area contributed by atoms with Crippen molar-refractivity contribution in [3.8, 4) is 0 Å². The van der Waals surface area contributed by atoms with Crippen LogP contribution in [0.4, 0.5) is 10.5 Å². The van der Waals surface area contributed by atoms with Crippen molar-refractivity contribution in [3.05, 3.63) is 29.8 Å². The first-order valence-corrected chi connectivity index (χ1v) is 6.88. The van der Waals surface area contributed by atoms with Crippen molar-refractivity contribution in [1.29, 1.82) is 0 Å². The maximum Gasteiger partial charge on any atom is 0.407 e. The molecule has 0 atom stereocenters. The molecule has 116 valence electrons. The van der Waals surface area contributed by atoms with E-state index in [0.29, 0.717) is 30.8 Å². The van der Waals surface area contributed by atoms with Crippen molar-refractivity contribution >= 4 is 17.7 Å². The normalized spacial score (nSPS) is 10.8. The van der Waals surface area contributed by atoms with E-state index in [1.165, 1.54) is 0 Å². The van der Waals surface area contributed by atoms with Crippen LogP contribution in [0.3, 0.4) is 0 Å². The number of hydrogen-bond acceptors (Lipinski definition) is 4. The van der Waals surface area contributed by atoms with E-state index in [2.05, 4.69) is 10.6 Å². The van der Waals surface area contributed by atoms with Crippen LogP contribution in [0, 0.1) is 0 Å². The predicted octanol–water partition coefficient (Wildman–Crippen LogP) is 1.91. The van der Waals surface area contributed by atoms with Gasteiger partial charge in [-0.05, 0) is 45.4 Å². The van der Waals surface area contributed by atoms with Gasteiger partial charge in [0.2, 0.25) is 0 Å². The number of ether oxygens (including phenoxy) is 1. The number of rotatable bonds is 5. The average Bonchev–Trinajstić information content (AvgIpc) is 2.36. The van der Waals surface area contributed by atoms with Gasteiger partial charge in [-0.15, -0.1) is 0 Å². The standard InChI is InChI=1S/C15H23N3O3/c1-15(2,3)21-14(20)18-9-5-8-17-13(19)11-6-4-7-12(16)10-11/h4,6-7,10H,5,8-9,16H2,1-3H3,(H,17,19)(H,18,20). The molecule has 0 radical (unpaired) electrons. The van der Waals surface area contributed by atoms with E-state index in [9.17, 15) is 9.59 Å². The van der Waals surface area contributed by atoms with Gasteiger partial charge in [-0.25, -0.2) is 4.79 Å². The number of amides is 2. The molecule has 6 heteroatoms. The van der Waals surface area contributed by atoms with Crippen LogP contribution in [0.5, 0.6) is 0 Å². The van der Waals surface area contributed by atoms with E-state index in [1.54, 1.807) is 45.0 Å². The largest absolute Gasteiger partial charge is 0.444 e. The van der Waals surface area contributed by atoms with Crippen LogP contribution in [0.1, 0.15) is 37.6 Å². The second-order valence-electron chi connectivity index (χ2n) is 5.66.